The summed E-state index contributed by atoms with van der Waals surface area (Å²) in [6.45, 7) is 2.42. The average Bonchev–Trinajstić information content (AvgIpc) is 3.11. The van der Waals surface area contributed by atoms with Gasteiger partial charge in [-0.3, -0.25) is 9.59 Å². The molecule has 6 nitrogen and oxygen atoms in total. The van der Waals surface area contributed by atoms with Gasteiger partial charge < -0.3 is 19.5 Å². The predicted molar refractivity (Wildman–Crippen MR) is 132 cm³/mol. The highest BCUT2D eigenvalue weighted by Crippen LogP contribution is 2.44. The lowest BCUT2D eigenvalue weighted by Gasteiger charge is -2.26. The van der Waals surface area contributed by atoms with Gasteiger partial charge >= 0.3 is 0 Å². The largest absolute Gasteiger partial charge is 0.507 e. The van der Waals surface area contributed by atoms with E-state index in [2.05, 4.69) is 0 Å². The molecule has 1 saturated heterocycles. The first kappa shape index (κ1) is 23.6. The molecule has 0 spiro atoms. The second-order valence-electron chi connectivity index (χ2n) is 8.10. The van der Waals surface area contributed by atoms with Gasteiger partial charge in [0.05, 0.1) is 36.4 Å². The van der Waals surface area contributed by atoms with E-state index in [9.17, 15) is 14.7 Å². The quantitative estimate of drug-likeness (QED) is 0.266. The zero-order valence-corrected chi connectivity index (χ0v) is 20.1. The minimum atomic E-state index is -0.746. The fraction of sp³-hybridized carbons (Fsp3) is 0.259. The summed E-state index contributed by atoms with van der Waals surface area (Å²) < 4.78 is 10.7. The molecule has 34 heavy (non-hydrogen) atoms. The molecule has 1 atom stereocenters. The second-order valence-corrected chi connectivity index (χ2v) is 8.51. The molecule has 7 heteroatoms. The first-order valence-electron chi connectivity index (χ1n) is 11.1. The van der Waals surface area contributed by atoms with Crippen molar-refractivity contribution in [1.82, 2.24) is 4.90 Å². The molecule has 1 heterocycles. The Hall–Kier alpha value is -3.51. The first-order valence-corrected chi connectivity index (χ1v) is 11.5. The number of rotatable bonds is 7. The van der Waals surface area contributed by atoms with Crippen LogP contribution in [0.25, 0.3) is 16.5 Å². The van der Waals surface area contributed by atoms with Crippen LogP contribution in [-0.2, 0) is 9.59 Å². The number of aliphatic hydroxyl groups excluding tert-OH is 1. The number of aliphatic hydroxyl groups is 1. The van der Waals surface area contributed by atoms with Gasteiger partial charge in [0.15, 0.2) is 0 Å². The standard InChI is InChI=1S/C27H26ClNO5/c1-4-5-13-29-24(18-12-8-10-16-9-6-7-11-17(16)18)23(26(31)27(29)32)25(30)19-14-22(34-3)20(28)15-21(19)33-2/h6-12,14-15,24,30H,4-5,13H2,1-3H3/b25-23+. The van der Waals surface area contributed by atoms with Gasteiger partial charge in [-0.15, -0.1) is 0 Å². The Morgan fingerprint density at radius 1 is 1.03 bits per heavy atom. The molecule has 0 aliphatic carbocycles. The summed E-state index contributed by atoms with van der Waals surface area (Å²) in [5.74, 6) is -1.12. The summed E-state index contributed by atoms with van der Waals surface area (Å²) in [5, 5.41) is 13.7. The molecule has 3 aromatic rings. The van der Waals surface area contributed by atoms with E-state index in [1.165, 1.54) is 26.4 Å². The van der Waals surface area contributed by atoms with E-state index in [0.717, 1.165) is 29.2 Å². The van der Waals surface area contributed by atoms with Crippen LogP contribution < -0.4 is 9.47 Å². The molecule has 0 radical (unpaired) electrons. The zero-order valence-electron chi connectivity index (χ0n) is 19.3. The Bertz CT molecular complexity index is 1290. The average molecular weight is 480 g/mol. The molecule has 1 N–H and O–H groups in total. The highest BCUT2D eigenvalue weighted by Gasteiger charge is 2.46. The number of hydrogen-bond acceptors (Lipinski definition) is 5. The molecule has 176 valence electrons. The van der Waals surface area contributed by atoms with Crippen LogP contribution in [0.5, 0.6) is 11.5 Å². The number of ether oxygens (including phenoxy) is 2. The maximum atomic E-state index is 13.3. The Morgan fingerprint density at radius 2 is 1.74 bits per heavy atom. The molecule has 1 aliphatic rings. The highest BCUT2D eigenvalue weighted by atomic mass is 35.5. The van der Waals surface area contributed by atoms with Gasteiger partial charge in [-0.05, 0) is 28.8 Å². The number of Topliss-reactive ketones (excluding diaryl/α,β-unsaturated/α-hetero) is 1. The molecule has 3 aromatic carbocycles. The summed E-state index contributed by atoms with van der Waals surface area (Å²) >= 11 is 6.23. The van der Waals surface area contributed by atoms with E-state index in [-0.39, 0.29) is 22.6 Å². The van der Waals surface area contributed by atoms with Crippen molar-refractivity contribution in [2.75, 3.05) is 20.8 Å². The fourth-order valence-corrected chi connectivity index (χ4v) is 4.67. The summed E-state index contributed by atoms with van der Waals surface area (Å²) in [7, 11) is 2.90. The van der Waals surface area contributed by atoms with E-state index in [0.29, 0.717) is 17.3 Å². The zero-order chi connectivity index (χ0) is 24.4. The van der Waals surface area contributed by atoms with Gasteiger partial charge in [-0.1, -0.05) is 67.4 Å². The number of amides is 1. The molecule has 0 bridgehead atoms. The normalized spacial score (nSPS) is 17.4. The number of fused-ring (bicyclic) bond motifs is 1. The van der Waals surface area contributed by atoms with Crippen molar-refractivity contribution < 1.29 is 24.2 Å². The number of halogens is 1. The van der Waals surface area contributed by atoms with Gasteiger partial charge in [0.25, 0.3) is 11.7 Å². The van der Waals surface area contributed by atoms with Crippen molar-refractivity contribution >= 4 is 39.8 Å². The number of unbranched alkanes of at least 4 members (excludes halogenated alkanes) is 1. The van der Waals surface area contributed by atoms with Gasteiger partial charge in [-0.2, -0.15) is 0 Å². The van der Waals surface area contributed by atoms with Crippen molar-refractivity contribution in [2.45, 2.75) is 25.8 Å². The maximum absolute atomic E-state index is 13.3. The van der Waals surface area contributed by atoms with Crippen LogP contribution in [0.1, 0.15) is 36.9 Å². The molecule has 1 amide bonds. The molecule has 4 rings (SSSR count). The lowest BCUT2D eigenvalue weighted by Crippen LogP contribution is -2.30. The van der Waals surface area contributed by atoms with Crippen molar-refractivity contribution in [3.8, 4) is 11.5 Å². The fourth-order valence-electron chi connectivity index (χ4n) is 4.44. The maximum Gasteiger partial charge on any atom is 0.295 e. The molecule has 1 unspecified atom stereocenters. The van der Waals surface area contributed by atoms with E-state index < -0.39 is 17.7 Å². The molecular formula is C27H26ClNO5. The number of carbonyl (C=O) groups is 2. The third kappa shape index (κ3) is 3.99. The smallest absolute Gasteiger partial charge is 0.295 e. The van der Waals surface area contributed by atoms with E-state index in [4.69, 9.17) is 21.1 Å². The number of methoxy groups -OCH3 is 2. The van der Waals surface area contributed by atoms with Crippen molar-refractivity contribution in [1.29, 1.82) is 0 Å². The minimum absolute atomic E-state index is 0.0140. The van der Waals surface area contributed by atoms with Gasteiger partial charge in [-0.25, -0.2) is 0 Å². The number of benzene rings is 3. The SMILES string of the molecule is CCCCN1C(=O)C(=O)/C(=C(/O)c2cc(OC)c(Cl)cc2OC)C1c1cccc2ccccc12. The van der Waals surface area contributed by atoms with Crippen LogP contribution in [0.3, 0.4) is 0 Å². The minimum Gasteiger partial charge on any atom is -0.507 e. The Morgan fingerprint density at radius 3 is 2.44 bits per heavy atom. The van der Waals surface area contributed by atoms with Crippen LogP contribution in [0.4, 0.5) is 0 Å². The monoisotopic (exact) mass is 479 g/mol. The van der Waals surface area contributed by atoms with Crippen LogP contribution in [-0.4, -0.2) is 42.5 Å². The Kier molecular flexibility index (Phi) is 6.80. The number of hydrogen-bond donors (Lipinski definition) is 1. The summed E-state index contributed by atoms with van der Waals surface area (Å²) in [6.07, 6.45) is 1.58. The van der Waals surface area contributed by atoms with Crippen molar-refractivity contribution in [3.63, 3.8) is 0 Å². The molecule has 0 saturated carbocycles. The molecule has 0 aromatic heterocycles. The Balaban J connectivity index is 2.00. The second kappa shape index (κ2) is 9.77. The third-order valence-electron chi connectivity index (χ3n) is 6.14. The predicted octanol–water partition coefficient (Wildman–Crippen LogP) is 5.73. The van der Waals surface area contributed by atoms with Crippen LogP contribution >= 0.6 is 11.6 Å². The third-order valence-corrected chi connectivity index (χ3v) is 6.43. The van der Waals surface area contributed by atoms with Gasteiger partial charge in [0.1, 0.15) is 17.3 Å². The van der Waals surface area contributed by atoms with E-state index in [1.807, 2.05) is 49.4 Å². The molecule has 1 fully saturated rings. The summed E-state index contributed by atoms with van der Waals surface area (Å²) in [4.78, 5) is 28.0. The highest BCUT2D eigenvalue weighted by molar-refractivity contribution is 6.46. The number of ketones is 1. The lowest BCUT2D eigenvalue weighted by atomic mass is 9.91. The van der Waals surface area contributed by atoms with E-state index >= 15 is 0 Å². The number of nitrogens with zero attached hydrogens (tertiary/aromatic N) is 1. The van der Waals surface area contributed by atoms with Crippen LogP contribution in [0, 0.1) is 0 Å². The van der Waals surface area contributed by atoms with Crippen molar-refractivity contribution in [2.24, 2.45) is 0 Å². The van der Waals surface area contributed by atoms with E-state index in [1.54, 1.807) is 4.90 Å². The van der Waals surface area contributed by atoms with Crippen LogP contribution in [0.15, 0.2) is 60.2 Å². The van der Waals surface area contributed by atoms with Gasteiger partial charge in [0.2, 0.25) is 0 Å². The van der Waals surface area contributed by atoms with Gasteiger partial charge in [0, 0.05) is 12.6 Å². The molecular weight excluding hydrogens is 454 g/mol. The summed E-state index contributed by atoms with van der Waals surface area (Å²) in [5.41, 5.74) is 1.01. The first-order chi connectivity index (χ1) is 16.4. The summed E-state index contributed by atoms with van der Waals surface area (Å²) in [6, 6.07) is 15.8. The van der Waals surface area contributed by atoms with Crippen LogP contribution in [0.2, 0.25) is 5.02 Å². The topological polar surface area (TPSA) is 76.1 Å². The number of carbonyl (C=O) groups excluding carboxylic acids is 2. The molecule has 1 aliphatic heterocycles. The number of likely N-dealkylation sites (tertiary alicyclic amines) is 1. The lowest BCUT2D eigenvalue weighted by molar-refractivity contribution is -0.139. The van der Waals surface area contributed by atoms with Crippen molar-refractivity contribution in [3.05, 3.63) is 76.3 Å². The Labute approximate surface area is 203 Å².